The Balaban J connectivity index is 2.00. The monoisotopic (exact) mass is 344 g/mol. The van der Waals surface area contributed by atoms with E-state index >= 15 is 0 Å². The Kier molecular flexibility index (Phi) is 4.35. The zero-order chi connectivity index (χ0) is 17.3. The van der Waals surface area contributed by atoms with Gasteiger partial charge in [0.05, 0.1) is 4.90 Å². The highest BCUT2D eigenvalue weighted by molar-refractivity contribution is 7.89. The molecule has 1 heterocycles. The molecule has 2 aromatic rings. The summed E-state index contributed by atoms with van der Waals surface area (Å²) in [7, 11) is 0.218. The number of rotatable bonds is 4. The topological polar surface area (TPSA) is 76.4 Å². The van der Waals surface area contributed by atoms with Gasteiger partial charge in [0.15, 0.2) is 6.19 Å². The summed E-state index contributed by atoms with van der Waals surface area (Å²) in [6.07, 6.45) is 2.70. The molecule has 0 spiro atoms. The Labute approximate surface area is 142 Å². The van der Waals surface area contributed by atoms with Crippen molar-refractivity contribution in [1.29, 1.82) is 5.26 Å². The van der Waals surface area contributed by atoms with Crippen LogP contribution in [0, 0.1) is 11.5 Å². The van der Waals surface area contributed by atoms with E-state index in [1.165, 1.54) is 0 Å². The van der Waals surface area contributed by atoms with Gasteiger partial charge in [-0.1, -0.05) is 24.3 Å². The van der Waals surface area contributed by atoms with Crippen LogP contribution in [0.4, 0.5) is 5.69 Å². The first-order valence-corrected chi connectivity index (χ1v) is 9.27. The van der Waals surface area contributed by atoms with Crippen LogP contribution in [0.25, 0.3) is 10.8 Å². The highest BCUT2D eigenvalue weighted by Crippen LogP contribution is 2.30. The minimum absolute atomic E-state index is 0.234. The third-order valence-electron chi connectivity index (χ3n) is 4.28. The molecular weight excluding hydrogens is 324 g/mol. The second-order valence-electron chi connectivity index (χ2n) is 6.18. The molecular formula is C17H20N4O2S. The second-order valence-corrected chi connectivity index (χ2v) is 7.86. The molecule has 2 aromatic carbocycles. The summed E-state index contributed by atoms with van der Waals surface area (Å²) in [5.74, 6) is 0. The maximum atomic E-state index is 12.9. The van der Waals surface area contributed by atoms with Crippen molar-refractivity contribution >= 4 is 26.5 Å². The Hall–Kier alpha value is -2.30. The van der Waals surface area contributed by atoms with Crippen LogP contribution in [-0.2, 0) is 10.0 Å². The van der Waals surface area contributed by atoms with Gasteiger partial charge >= 0.3 is 0 Å². The van der Waals surface area contributed by atoms with Crippen LogP contribution in [0.3, 0.4) is 0 Å². The molecule has 0 amide bonds. The highest BCUT2D eigenvalue weighted by Gasteiger charge is 2.27. The van der Waals surface area contributed by atoms with Gasteiger partial charge in [0.2, 0.25) is 10.0 Å². The Morgan fingerprint density at radius 3 is 2.58 bits per heavy atom. The number of hydrogen-bond acceptors (Lipinski definition) is 5. The standard InChI is InChI=1S/C17H20N4O2S/c1-20(2)16-7-3-6-15-14(16)5-4-8-17(15)24(22,23)19-13-9-10-21(11-13)12-18/h3-8,13,19H,9-11H2,1-2H3/t13-/m1/s1. The molecule has 0 saturated carbocycles. The summed E-state index contributed by atoms with van der Waals surface area (Å²) >= 11 is 0. The molecule has 1 saturated heterocycles. The molecule has 7 heteroatoms. The van der Waals surface area contributed by atoms with Gasteiger partial charge in [0.25, 0.3) is 0 Å². The SMILES string of the molecule is CN(C)c1cccc2c(S(=O)(=O)N[C@@H]3CCN(C#N)C3)cccc12. The van der Waals surface area contributed by atoms with Crippen LogP contribution in [0.5, 0.6) is 0 Å². The molecule has 0 bridgehead atoms. The number of fused-ring (bicyclic) bond motifs is 1. The van der Waals surface area contributed by atoms with E-state index in [0.29, 0.717) is 24.9 Å². The fraction of sp³-hybridized carbons (Fsp3) is 0.353. The predicted octanol–water partition coefficient (Wildman–Crippen LogP) is 1.74. The lowest BCUT2D eigenvalue weighted by Gasteiger charge is -2.18. The number of benzene rings is 2. The first-order chi connectivity index (χ1) is 11.4. The molecule has 126 valence electrons. The molecule has 0 radical (unpaired) electrons. The van der Waals surface area contributed by atoms with Crippen molar-refractivity contribution in [2.75, 3.05) is 32.1 Å². The zero-order valence-electron chi connectivity index (χ0n) is 13.7. The van der Waals surface area contributed by atoms with E-state index in [9.17, 15) is 8.42 Å². The summed E-state index contributed by atoms with van der Waals surface area (Å²) in [5.41, 5.74) is 0.973. The number of sulfonamides is 1. The van der Waals surface area contributed by atoms with Crippen LogP contribution in [0.15, 0.2) is 41.3 Å². The van der Waals surface area contributed by atoms with Crippen LogP contribution in [-0.4, -0.2) is 46.5 Å². The maximum absolute atomic E-state index is 12.9. The van der Waals surface area contributed by atoms with E-state index < -0.39 is 10.0 Å². The van der Waals surface area contributed by atoms with Gasteiger partial charge in [-0.05, 0) is 18.6 Å². The number of nitriles is 1. The average Bonchev–Trinajstić information content (AvgIpc) is 3.00. The minimum Gasteiger partial charge on any atom is -0.377 e. The fourth-order valence-electron chi connectivity index (χ4n) is 3.12. The molecule has 1 atom stereocenters. The number of nitrogens with one attached hydrogen (secondary N) is 1. The highest BCUT2D eigenvalue weighted by atomic mass is 32.2. The van der Waals surface area contributed by atoms with Crippen molar-refractivity contribution in [1.82, 2.24) is 9.62 Å². The van der Waals surface area contributed by atoms with Crippen LogP contribution in [0.1, 0.15) is 6.42 Å². The molecule has 0 unspecified atom stereocenters. The Morgan fingerprint density at radius 2 is 1.92 bits per heavy atom. The number of nitrogens with zero attached hydrogens (tertiary/aromatic N) is 3. The molecule has 0 aliphatic carbocycles. The van der Waals surface area contributed by atoms with E-state index in [1.54, 1.807) is 17.0 Å². The summed E-state index contributed by atoms with van der Waals surface area (Å²) in [6, 6.07) is 10.7. The smallest absolute Gasteiger partial charge is 0.241 e. The molecule has 1 fully saturated rings. The van der Waals surface area contributed by atoms with Crippen molar-refractivity contribution in [3.05, 3.63) is 36.4 Å². The summed E-state index contributed by atoms with van der Waals surface area (Å²) in [5, 5.41) is 10.5. The second kappa shape index (κ2) is 6.30. The number of anilines is 1. The average molecular weight is 344 g/mol. The zero-order valence-corrected chi connectivity index (χ0v) is 14.5. The number of likely N-dealkylation sites (tertiary alicyclic amines) is 1. The van der Waals surface area contributed by atoms with E-state index in [-0.39, 0.29) is 10.9 Å². The normalized spacial score (nSPS) is 17.9. The molecule has 0 aromatic heterocycles. The quantitative estimate of drug-likeness (QED) is 0.855. The lowest BCUT2D eigenvalue weighted by atomic mass is 10.1. The van der Waals surface area contributed by atoms with E-state index in [0.717, 1.165) is 11.1 Å². The van der Waals surface area contributed by atoms with E-state index in [4.69, 9.17) is 5.26 Å². The third-order valence-corrected chi connectivity index (χ3v) is 5.86. The van der Waals surface area contributed by atoms with Crippen molar-refractivity contribution in [2.24, 2.45) is 0 Å². The Morgan fingerprint density at radius 1 is 1.21 bits per heavy atom. The van der Waals surface area contributed by atoms with Gasteiger partial charge in [0, 0.05) is 49.7 Å². The van der Waals surface area contributed by atoms with Crippen LogP contribution in [0.2, 0.25) is 0 Å². The molecule has 1 aliphatic heterocycles. The van der Waals surface area contributed by atoms with Gasteiger partial charge in [-0.15, -0.1) is 0 Å². The minimum atomic E-state index is -3.65. The maximum Gasteiger partial charge on any atom is 0.241 e. The first kappa shape index (κ1) is 16.6. The lowest BCUT2D eigenvalue weighted by molar-refractivity contribution is 0.470. The van der Waals surface area contributed by atoms with Crippen molar-refractivity contribution in [3.8, 4) is 6.19 Å². The molecule has 1 N–H and O–H groups in total. The molecule has 3 rings (SSSR count). The van der Waals surface area contributed by atoms with Gasteiger partial charge in [-0.2, -0.15) is 5.26 Å². The van der Waals surface area contributed by atoms with E-state index in [2.05, 4.69) is 10.9 Å². The molecule has 24 heavy (non-hydrogen) atoms. The predicted molar refractivity (Wildman–Crippen MR) is 94.2 cm³/mol. The third kappa shape index (κ3) is 3.03. The van der Waals surface area contributed by atoms with Gasteiger partial charge in [0.1, 0.15) is 0 Å². The largest absolute Gasteiger partial charge is 0.377 e. The number of hydrogen-bond donors (Lipinski definition) is 1. The van der Waals surface area contributed by atoms with Crippen LogP contribution >= 0.6 is 0 Å². The van der Waals surface area contributed by atoms with Crippen molar-refractivity contribution < 1.29 is 8.42 Å². The van der Waals surface area contributed by atoms with Crippen LogP contribution < -0.4 is 9.62 Å². The summed E-state index contributed by atoms with van der Waals surface area (Å²) in [4.78, 5) is 3.81. The lowest BCUT2D eigenvalue weighted by Crippen LogP contribution is -2.36. The van der Waals surface area contributed by atoms with Crippen molar-refractivity contribution in [3.63, 3.8) is 0 Å². The summed E-state index contributed by atoms with van der Waals surface area (Å²) in [6.45, 7) is 1.01. The van der Waals surface area contributed by atoms with Gasteiger partial charge in [-0.3, -0.25) is 0 Å². The summed E-state index contributed by atoms with van der Waals surface area (Å²) < 4.78 is 28.4. The Bertz CT molecular complexity index is 902. The van der Waals surface area contributed by atoms with Crippen molar-refractivity contribution in [2.45, 2.75) is 17.4 Å². The molecule has 1 aliphatic rings. The fourth-order valence-corrected chi connectivity index (χ4v) is 4.60. The van der Waals surface area contributed by atoms with Gasteiger partial charge in [-0.25, -0.2) is 13.1 Å². The van der Waals surface area contributed by atoms with E-state index in [1.807, 2.05) is 43.3 Å². The van der Waals surface area contributed by atoms with Gasteiger partial charge < -0.3 is 9.80 Å². The first-order valence-electron chi connectivity index (χ1n) is 7.78. The molecule has 6 nitrogen and oxygen atoms in total.